The fourth-order valence-electron chi connectivity index (χ4n) is 4.76. The summed E-state index contributed by atoms with van der Waals surface area (Å²) in [5.41, 5.74) is 3.85. The molecule has 35 heavy (non-hydrogen) atoms. The minimum atomic E-state index is -0.417. The summed E-state index contributed by atoms with van der Waals surface area (Å²) in [6.45, 7) is 3.13. The van der Waals surface area contributed by atoms with Crippen molar-refractivity contribution in [1.29, 1.82) is 0 Å². The minimum absolute atomic E-state index is 0.114. The van der Waals surface area contributed by atoms with Crippen molar-refractivity contribution in [3.05, 3.63) is 100 Å². The molecule has 1 aromatic heterocycles. The smallest absolute Gasteiger partial charge is 0.420 e. The van der Waals surface area contributed by atoms with Crippen LogP contribution in [0.2, 0.25) is 0 Å². The third-order valence-electron chi connectivity index (χ3n) is 6.53. The number of nitrogens with zero attached hydrogens (tertiary/aromatic N) is 2. The van der Waals surface area contributed by atoms with E-state index < -0.39 is 5.76 Å². The van der Waals surface area contributed by atoms with Gasteiger partial charge in [-0.15, -0.1) is 0 Å². The zero-order chi connectivity index (χ0) is 24.2. The van der Waals surface area contributed by atoms with Gasteiger partial charge in [-0.25, -0.2) is 4.79 Å². The summed E-state index contributed by atoms with van der Waals surface area (Å²) in [5, 5.41) is 13.1. The first-order valence-corrected chi connectivity index (χ1v) is 12.0. The molecular weight excluding hydrogens is 442 g/mol. The summed E-state index contributed by atoms with van der Waals surface area (Å²) in [6.07, 6.45) is 2.50. The third kappa shape index (κ3) is 5.46. The lowest BCUT2D eigenvalue weighted by atomic mass is 10.0. The summed E-state index contributed by atoms with van der Waals surface area (Å²) in [5.74, 6) is -0.345. The molecule has 5 rings (SSSR count). The van der Waals surface area contributed by atoms with Gasteiger partial charge in [0.25, 0.3) is 0 Å². The summed E-state index contributed by atoms with van der Waals surface area (Å²) >= 11 is 0. The average Bonchev–Trinajstić information content (AvgIpc) is 3.47. The second-order valence-corrected chi connectivity index (χ2v) is 9.14. The SMILES string of the molecule is O=C(Cc1ccc2oc(=O)n(Cc3ccccc3)c2c1)NC(CN1CCCC1)c1cccc(O)c1. The Bertz CT molecular complexity index is 1370. The number of oxazole rings is 1. The van der Waals surface area contributed by atoms with Crippen molar-refractivity contribution >= 4 is 17.0 Å². The van der Waals surface area contributed by atoms with Crippen LogP contribution in [0.5, 0.6) is 5.75 Å². The highest BCUT2D eigenvalue weighted by Gasteiger charge is 2.21. The Balaban J connectivity index is 1.34. The van der Waals surface area contributed by atoms with Crippen molar-refractivity contribution in [2.24, 2.45) is 0 Å². The lowest BCUT2D eigenvalue weighted by Crippen LogP contribution is -2.37. The molecule has 0 aliphatic carbocycles. The van der Waals surface area contributed by atoms with Gasteiger partial charge in [0.1, 0.15) is 5.75 Å². The van der Waals surface area contributed by atoms with E-state index in [2.05, 4.69) is 10.2 Å². The number of carbonyl (C=O) groups is 1. The van der Waals surface area contributed by atoms with E-state index in [0.29, 0.717) is 24.2 Å². The van der Waals surface area contributed by atoms with Crippen molar-refractivity contribution in [3.63, 3.8) is 0 Å². The molecule has 0 bridgehead atoms. The van der Waals surface area contributed by atoms with Gasteiger partial charge in [-0.2, -0.15) is 0 Å². The molecule has 2 heterocycles. The van der Waals surface area contributed by atoms with Gasteiger partial charge in [0, 0.05) is 6.54 Å². The molecule has 4 aromatic rings. The predicted molar refractivity (Wildman–Crippen MR) is 134 cm³/mol. The lowest BCUT2D eigenvalue weighted by Gasteiger charge is -2.25. The van der Waals surface area contributed by atoms with Crippen LogP contribution in [0.3, 0.4) is 0 Å². The average molecular weight is 472 g/mol. The second kappa shape index (κ2) is 10.2. The largest absolute Gasteiger partial charge is 0.508 e. The number of fused-ring (bicyclic) bond motifs is 1. The van der Waals surface area contributed by atoms with Crippen LogP contribution in [0, 0.1) is 0 Å². The number of carbonyl (C=O) groups excluding carboxylic acids is 1. The van der Waals surface area contributed by atoms with E-state index in [0.717, 1.165) is 42.6 Å². The normalized spacial score (nSPS) is 14.9. The van der Waals surface area contributed by atoms with Crippen LogP contribution < -0.4 is 11.1 Å². The van der Waals surface area contributed by atoms with Crippen molar-refractivity contribution in [2.45, 2.75) is 31.8 Å². The molecule has 2 N–H and O–H groups in total. The Morgan fingerprint density at radius 3 is 2.54 bits per heavy atom. The van der Waals surface area contributed by atoms with Gasteiger partial charge in [0.05, 0.1) is 24.5 Å². The quantitative estimate of drug-likeness (QED) is 0.408. The molecule has 1 fully saturated rings. The number of hydrogen-bond donors (Lipinski definition) is 2. The number of amides is 1. The van der Waals surface area contributed by atoms with Crippen molar-refractivity contribution in [2.75, 3.05) is 19.6 Å². The van der Waals surface area contributed by atoms with Crippen LogP contribution in [0.1, 0.15) is 35.6 Å². The van der Waals surface area contributed by atoms with Gasteiger partial charge < -0.3 is 19.7 Å². The van der Waals surface area contributed by atoms with Crippen LogP contribution in [0.4, 0.5) is 0 Å². The molecule has 7 nitrogen and oxygen atoms in total. The standard InChI is InChI=1S/C28H29N3O4/c32-23-10-6-9-22(17-23)24(19-30-13-4-5-14-30)29-27(33)16-21-11-12-26-25(15-21)31(28(34)35-26)18-20-7-2-1-3-8-20/h1-3,6-12,15,17,24,32H,4-5,13-14,16,18-19H2,(H,29,33). The molecule has 180 valence electrons. The van der Waals surface area contributed by atoms with E-state index in [1.54, 1.807) is 28.8 Å². The molecule has 1 aliphatic heterocycles. The van der Waals surface area contributed by atoms with Crippen LogP contribution in [-0.2, 0) is 17.8 Å². The van der Waals surface area contributed by atoms with Crippen molar-refractivity contribution in [1.82, 2.24) is 14.8 Å². The van der Waals surface area contributed by atoms with Gasteiger partial charge in [0.2, 0.25) is 5.91 Å². The Labute approximate surface area is 203 Å². The zero-order valence-corrected chi connectivity index (χ0v) is 19.5. The Hall–Kier alpha value is -3.84. The summed E-state index contributed by atoms with van der Waals surface area (Å²) in [7, 11) is 0. The molecule has 7 heteroatoms. The summed E-state index contributed by atoms with van der Waals surface area (Å²) in [6, 6.07) is 22.0. The first-order valence-electron chi connectivity index (χ1n) is 12.0. The molecule has 0 spiro atoms. The van der Waals surface area contributed by atoms with E-state index in [1.807, 2.05) is 48.5 Å². The van der Waals surface area contributed by atoms with Crippen molar-refractivity contribution < 1.29 is 14.3 Å². The number of rotatable bonds is 8. The highest BCUT2D eigenvalue weighted by atomic mass is 16.4. The minimum Gasteiger partial charge on any atom is -0.508 e. The number of nitrogens with one attached hydrogen (secondary N) is 1. The van der Waals surface area contributed by atoms with Crippen LogP contribution in [-0.4, -0.2) is 40.1 Å². The number of aromatic hydroxyl groups is 1. The maximum absolute atomic E-state index is 13.1. The van der Waals surface area contributed by atoms with Crippen LogP contribution in [0.15, 0.2) is 82.0 Å². The van der Waals surface area contributed by atoms with E-state index in [9.17, 15) is 14.7 Å². The molecule has 0 radical (unpaired) electrons. The van der Waals surface area contributed by atoms with E-state index in [4.69, 9.17) is 4.42 Å². The number of phenols is 1. The molecule has 0 saturated carbocycles. The van der Waals surface area contributed by atoms with Crippen LogP contribution in [0.25, 0.3) is 11.1 Å². The number of benzene rings is 3. The van der Waals surface area contributed by atoms with E-state index in [-0.39, 0.29) is 24.1 Å². The summed E-state index contributed by atoms with van der Waals surface area (Å²) < 4.78 is 7.01. The van der Waals surface area contributed by atoms with E-state index >= 15 is 0 Å². The fraction of sp³-hybridized carbons (Fsp3) is 0.286. The molecule has 1 saturated heterocycles. The Morgan fingerprint density at radius 2 is 1.77 bits per heavy atom. The topological polar surface area (TPSA) is 87.7 Å². The number of hydrogen-bond acceptors (Lipinski definition) is 5. The first-order chi connectivity index (χ1) is 17.0. The van der Waals surface area contributed by atoms with Gasteiger partial charge in [-0.1, -0.05) is 48.5 Å². The van der Waals surface area contributed by atoms with E-state index in [1.165, 1.54) is 0 Å². The molecule has 1 atom stereocenters. The van der Waals surface area contributed by atoms with Crippen molar-refractivity contribution in [3.8, 4) is 5.75 Å². The predicted octanol–water partition coefficient (Wildman–Crippen LogP) is 3.84. The van der Waals surface area contributed by atoms with Gasteiger partial charge in [-0.05, 0) is 66.9 Å². The fourth-order valence-corrected chi connectivity index (χ4v) is 4.76. The number of phenolic OH excluding ortho intramolecular Hbond substituents is 1. The Kier molecular flexibility index (Phi) is 6.68. The van der Waals surface area contributed by atoms with Crippen LogP contribution >= 0.6 is 0 Å². The zero-order valence-electron chi connectivity index (χ0n) is 19.5. The third-order valence-corrected chi connectivity index (χ3v) is 6.53. The van der Waals surface area contributed by atoms with Gasteiger partial charge >= 0.3 is 5.76 Å². The summed E-state index contributed by atoms with van der Waals surface area (Å²) in [4.78, 5) is 27.9. The van der Waals surface area contributed by atoms with Gasteiger partial charge in [-0.3, -0.25) is 9.36 Å². The highest BCUT2D eigenvalue weighted by Crippen LogP contribution is 2.22. The number of likely N-dealkylation sites (tertiary alicyclic amines) is 1. The maximum atomic E-state index is 13.1. The maximum Gasteiger partial charge on any atom is 0.420 e. The Morgan fingerprint density at radius 1 is 0.971 bits per heavy atom. The monoisotopic (exact) mass is 471 g/mol. The molecule has 1 aliphatic rings. The second-order valence-electron chi connectivity index (χ2n) is 9.14. The molecule has 1 unspecified atom stereocenters. The molecular formula is C28H29N3O4. The first kappa shape index (κ1) is 22.9. The lowest BCUT2D eigenvalue weighted by molar-refractivity contribution is -0.121. The molecule has 3 aromatic carbocycles. The number of aromatic nitrogens is 1. The highest BCUT2D eigenvalue weighted by molar-refractivity contribution is 5.81. The van der Waals surface area contributed by atoms with Gasteiger partial charge in [0.15, 0.2) is 5.58 Å². The molecule has 1 amide bonds.